The lowest BCUT2D eigenvalue weighted by atomic mass is 10.1. The summed E-state index contributed by atoms with van der Waals surface area (Å²) in [6, 6.07) is 15.1. The number of nitrogens with one attached hydrogen (secondary N) is 2. The molecule has 11 heteroatoms. The number of rotatable bonds is 6. The molecule has 2 aromatic rings. The number of thiocarbonyl (C=S) groups is 1. The Labute approximate surface area is 179 Å². The number of hydrogen-bond donors (Lipinski definition) is 6. The Kier molecular flexibility index (Phi) is 7.82. The van der Waals surface area contributed by atoms with E-state index >= 15 is 0 Å². The van der Waals surface area contributed by atoms with Crippen LogP contribution in [0.15, 0.2) is 68.9 Å². The summed E-state index contributed by atoms with van der Waals surface area (Å²) in [5.41, 5.74) is 25.9. The zero-order chi connectivity index (χ0) is 22.1. The fourth-order valence-corrected chi connectivity index (χ4v) is 2.50. The van der Waals surface area contributed by atoms with Crippen LogP contribution < -0.4 is 33.6 Å². The van der Waals surface area contributed by atoms with Crippen LogP contribution in [0, 0.1) is 0 Å². The van der Waals surface area contributed by atoms with Crippen molar-refractivity contribution in [3.05, 3.63) is 59.7 Å². The fourth-order valence-electron chi connectivity index (χ4n) is 2.26. The first-order chi connectivity index (χ1) is 14.2. The summed E-state index contributed by atoms with van der Waals surface area (Å²) in [5.74, 6) is -0.179. The molecular weight excluding hydrogens is 400 g/mol. The van der Waals surface area contributed by atoms with E-state index < -0.39 is 0 Å². The Morgan fingerprint density at radius 1 is 0.633 bits per heavy atom. The normalized spacial score (nSPS) is 11.4. The molecular formula is C19H24N10S. The van der Waals surface area contributed by atoms with Gasteiger partial charge in [0, 0.05) is 11.4 Å². The molecule has 0 aliphatic heterocycles. The third-order valence-corrected chi connectivity index (χ3v) is 3.96. The van der Waals surface area contributed by atoms with E-state index in [1.807, 2.05) is 62.4 Å². The van der Waals surface area contributed by atoms with Crippen LogP contribution in [0.3, 0.4) is 0 Å². The van der Waals surface area contributed by atoms with Crippen molar-refractivity contribution in [1.82, 2.24) is 0 Å². The lowest BCUT2D eigenvalue weighted by Crippen LogP contribution is -2.22. The number of anilines is 2. The van der Waals surface area contributed by atoms with Crippen molar-refractivity contribution >= 4 is 52.0 Å². The highest BCUT2D eigenvalue weighted by molar-refractivity contribution is 7.80. The summed E-state index contributed by atoms with van der Waals surface area (Å²) in [6.07, 6.45) is 0. The Morgan fingerprint density at radius 2 is 0.967 bits per heavy atom. The largest absolute Gasteiger partial charge is 0.369 e. The van der Waals surface area contributed by atoms with Gasteiger partial charge in [-0.15, -0.1) is 10.2 Å². The summed E-state index contributed by atoms with van der Waals surface area (Å²) in [6.45, 7) is 3.63. The highest BCUT2D eigenvalue weighted by Crippen LogP contribution is 2.14. The Morgan fingerprint density at radius 3 is 1.27 bits per heavy atom. The monoisotopic (exact) mass is 424 g/mol. The molecule has 0 saturated carbocycles. The van der Waals surface area contributed by atoms with Gasteiger partial charge in [-0.25, -0.2) is 0 Å². The minimum absolute atomic E-state index is 0.0895. The Hall–Kier alpha value is -3.99. The number of nitrogens with zero attached hydrogens (tertiary/aromatic N) is 4. The highest BCUT2D eigenvalue weighted by atomic mass is 32.1. The smallest absolute Gasteiger partial charge is 0.211 e. The molecule has 156 valence electrons. The Balaban J connectivity index is 1.97. The van der Waals surface area contributed by atoms with Crippen molar-refractivity contribution in [2.24, 2.45) is 43.3 Å². The van der Waals surface area contributed by atoms with Crippen molar-refractivity contribution < 1.29 is 0 Å². The zero-order valence-corrected chi connectivity index (χ0v) is 17.4. The molecule has 0 atom stereocenters. The second-order valence-corrected chi connectivity index (χ2v) is 6.56. The first-order valence-electron chi connectivity index (χ1n) is 8.80. The number of guanidine groups is 2. The molecule has 0 amide bonds. The number of benzene rings is 2. The average molecular weight is 425 g/mol. The summed E-state index contributed by atoms with van der Waals surface area (Å²) in [4.78, 5) is 0. The fraction of sp³-hybridized carbons (Fsp3) is 0.105. The van der Waals surface area contributed by atoms with Crippen molar-refractivity contribution in [2.75, 3.05) is 10.6 Å². The molecule has 0 aromatic heterocycles. The third-order valence-electron chi connectivity index (χ3n) is 3.75. The van der Waals surface area contributed by atoms with Gasteiger partial charge in [-0.2, -0.15) is 10.2 Å². The predicted molar refractivity (Wildman–Crippen MR) is 129 cm³/mol. The molecule has 2 aromatic carbocycles. The van der Waals surface area contributed by atoms with E-state index in [9.17, 15) is 0 Å². The maximum atomic E-state index is 5.37. The molecule has 0 radical (unpaired) electrons. The van der Waals surface area contributed by atoms with E-state index in [1.54, 1.807) is 0 Å². The molecule has 0 aliphatic rings. The molecule has 0 heterocycles. The minimum atomic E-state index is -0.0895. The summed E-state index contributed by atoms with van der Waals surface area (Å²) in [7, 11) is 0. The van der Waals surface area contributed by atoms with Gasteiger partial charge in [-0.3, -0.25) is 0 Å². The predicted octanol–water partition coefficient (Wildman–Crippen LogP) is 1.49. The molecule has 0 saturated heterocycles. The second-order valence-electron chi connectivity index (χ2n) is 6.15. The minimum Gasteiger partial charge on any atom is -0.369 e. The molecule has 10 nitrogen and oxygen atoms in total. The summed E-state index contributed by atoms with van der Waals surface area (Å²) in [5, 5.41) is 21.9. The second kappa shape index (κ2) is 10.5. The lowest BCUT2D eigenvalue weighted by Gasteiger charge is -2.11. The molecule has 0 unspecified atom stereocenters. The SMILES string of the molecule is C/C(=N/N=C(N)N)c1ccc(NC(=S)Nc2ccc(/C(C)=N/N=C(N)N)cc2)cc1. The van der Waals surface area contributed by atoms with E-state index in [0.717, 1.165) is 22.5 Å². The van der Waals surface area contributed by atoms with E-state index in [2.05, 4.69) is 31.0 Å². The van der Waals surface area contributed by atoms with E-state index in [-0.39, 0.29) is 11.9 Å². The standard InChI is InChI=1S/C19H24N10S/c1-11(26-28-17(20)21)13-3-7-15(8-4-13)24-19(30)25-16-9-5-14(6-10-16)12(2)27-29-18(22)23/h3-10H,1-2H3,(H4,20,21,28)(H4,22,23,29)(H2,24,25,30)/b26-11-,27-12+. The maximum absolute atomic E-state index is 5.37. The summed E-state index contributed by atoms with van der Waals surface area (Å²) >= 11 is 5.37. The lowest BCUT2D eigenvalue weighted by molar-refractivity contribution is 1.20. The topological polar surface area (TPSA) is 178 Å². The summed E-state index contributed by atoms with van der Waals surface area (Å²) < 4.78 is 0. The van der Waals surface area contributed by atoms with Crippen molar-refractivity contribution in [3.63, 3.8) is 0 Å². The van der Waals surface area contributed by atoms with Crippen LogP contribution in [-0.4, -0.2) is 28.5 Å². The van der Waals surface area contributed by atoms with Gasteiger partial charge < -0.3 is 33.6 Å². The van der Waals surface area contributed by atoms with Crippen molar-refractivity contribution in [1.29, 1.82) is 0 Å². The van der Waals surface area contributed by atoms with Crippen molar-refractivity contribution in [3.8, 4) is 0 Å². The van der Waals surface area contributed by atoms with Gasteiger partial charge in [0.25, 0.3) is 0 Å². The van der Waals surface area contributed by atoms with Crippen LogP contribution in [0.4, 0.5) is 11.4 Å². The Bertz CT molecular complexity index is 915. The van der Waals surface area contributed by atoms with E-state index in [4.69, 9.17) is 35.2 Å². The molecule has 10 N–H and O–H groups in total. The zero-order valence-electron chi connectivity index (χ0n) is 16.6. The van der Waals surface area contributed by atoms with Gasteiger partial charge in [0.1, 0.15) is 0 Å². The van der Waals surface area contributed by atoms with Crippen molar-refractivity contribution in [2.45, 2.75) is 13.8 Å². The van der Waals surface area contributed by atoms with Gasteiger partial charge in [-0.05, 0) is 61.5 Å². The van der Waals surface area contributed by atoms with E-state index in [1.165, 1.54) is 0 Å². The maximum Gasteiger partial charge on any atom is 0.211 e. The molecule has 30 heavy (non-hydrogen) atoms. The van der Waals surface area contributed by atoms with Crippen LogP contribution in [0.5, 0.6) is 0 Å². The van der Waals surface area contributed by atoms with E-state index in [0.29, 0.717) is 16.5 Å². The van der Waals surface area contributed by atoms with Gasteiger partial charge in [-0.1, -0.05) is 24.3 Å². The van der Waals surface area contributed by atoms with Gasteiger partial charge in [0.15, 0.2) is 5.11 Å². The van der Waals surface area contributed by atoms with Crippen LogP contribution >= 0.6 is 12.2 Å². The molecule has 0 bridgehead atoms. The average Bonchev–Trinajstić information content (AvgIpc) is 2.71. The first-order valence-corrected chi connectivity index (χ1v) is 9.20. The van der Waals surface area contributed by atoms with Gasteiger partial charge >= 0.3 is 0 Å². The molecule has 0 fully saturated rings. The number of nitrogens with two attached hydrogens (primary N) is 4. The van der Waals surface area contributed by atoms with Crippen LogP contribution in [0.2, 0.25) is 0 Å². The molecule has 0 spiro atoms. The quantitative estimate of drug-likeness (QED) is 0.176. The molecule has 0 aliphatic carbocycles. The van der Waals surface area contributed by atoms with Gasteiger partial charge in [0.2, 0.25) is 11.9 Å². The van der Waals surface area contributed by atoms with Crippen LogP contribution in [0.25, 0.3) is 0 Å². The highest BCUT2D eigenvalue weighted by Gasteiger charge is 2.03. The van der Waals surface area contributed by atoms with Crippen LogP contribution in [-0.2, 0) is 0 Å². The number of hydrogen-bond acceptors (Lipinski definition) is 5. The molecule has 2 rings (SSSR count). The van der Waals surface area contributed by atoms with Gasteiger partial charge in [0.05, 0.1) is 11.4 Å². The first kappa shape index (κ1) is 22.3. The third kappa shape index (κ3) is 7.20. The van der Waals surface area contributed by atoms with Crippen LogP contribution in [0.1, 0.15) is 25.0 Å².